The molecule has 0 bridgehead atoms. The lowest BCUT2D eigenvalue weighted by Gasteiger charge is -2.51. The van der Waals surface area contributed by atoms with E-state index in [1.807, 2.05) is 0 Å². The van der Waals surface area contributed by atoms with Gasteiger partial charge < -0.3 is 4.74 Å². The monoisotopic (exact) mass is 326 g/mol. The zero-order chi connectivity index (χ0) is 17.2. The van der Waals surface area contributed by atoms with Gasteiger partial charge in [-0.05, 0) is 62.5 Å². The average molecular weight is 326 g/mol. The first-order chi connectivity index (χ1) is 11.3. The molecule has 0 saturated heterocycles. The number of esters is 1. The first-order valence-corrected chi connectivity index (χ1v) is 9.62. The quantitative estimate of drug-likeness (QED) is 0.595. The zero-order valence-electron chi connectivity index (χ0n) is 15.6. The van der Waals surface area contributed by atoms with E-state index in [2.05, 4.69) is 39.0 Å². The molecule has 0 aromatic rings. The van der Waals surface area contributed by atoms with Crippen LogP contribution < -0.4 is 0 Å². The molecule has 4 rings (SSSR count). The first kappa shape index (κ1) is 16.2. The molecule has 0 spiro atoms. The maximum atomic E-state index is 11.7. The number of ether oxygens (including phenoxy) is 1. The molecule has 0 N–H and O–H groups in total. The van der Waals surface area contributed by atoms with Crippen molar-refractivity contribution in [1.29, 1.82) is 0 Å². The lowest BCUT2D eigenvalue weighted by Crippen LogP contribution is -2.48. The highest BCUT2D eigenvalue weighted by molar-refractivity contribution is 5.67. The SMILES string of the molecule is CC(=O)OC1(C)CC[C@H]2C3=CC=C4CCCC[C@]4(C)C3=CC[C@@]21C. The summed E-state index contributed by atoms with van der Waals surface area (Å²) in [7, 11) is 0. The topological polar surface area (TPSA) is 26.3 Å². The molecule has 4 aliphatic carbocycles. The summed E-state index contributed by atoms with van der Waals surface area (Å²) in [6, 6.07) is 0. The van der Waals surface area contributed by atoms with Crippen molar-refractivity contribution in [2.24, 2.45) is 16.7 Å². The minimum absolute atomic E-state index is 0.0182. The summed E-state index contributed by atoms with van der Waals surface area (Å²) in [6.07, 6.45) is 15.6. The van der Waals surface area contributed by atoms with Crippen molar-refractivity contribution in [3.05, 3.63) is 34.9 Å². The second-order valence-electron chi connectivity index (χ2n) is 9.01. The van der Waals surface area contributed by atoms with Gasteiger partial charge in [0, 0.05) is 17.8 Å². The molecule has 2 saturated carbocycles. The second kappa shape index (κ2) is 5.09. The van der Waals surface area contributed by atoms with Crippen LogP contribution in [-0.4, -0.2) is 11.6 Å². The van der Waals surface area contributed by atoms with E-state index in [0.29, 0.717) is 5.92 Å². The van der Waals surface area contributed by atoms with Crippen molar-refractivity contribution >= 4 is 5.97 Å². The predicted octanol–water partition coefficient (Wildman–Crippen LogP) is 5.50. The van der Waals surface area contributed by atoms with E-state index < -0.39 is 0 Å². The Balaban J connectivity index is 1.77. The fourth-order valence-electron chi connectivity index (χ4n) is 6.10. The summed E-state index contributed by atoms with van der Waals surface area (Å²) in [6.45, 7) is 8.49. The maximum absolute atomic E-state index is 11.7. The van der Waals surface area contributed by atoms with Crippen molar-refractivity contribution in [2.75, 3.05) is 0 Å². The minimum atomic E-state index is -0.343. The lowest BCUT2D eigenvalue weighted by atomic mass is 9.55. The number of hydrogen-bond donors (Lipinski definition) is 0. The number of fused-ring (bicyclic) bond motifs is 5. The summed E-state index contributed by atoms with van der Waals surface area (Å²) in [5.74, 6) is 0.367. The van der Waals surface area contributed by atoms with Gasteiger partial charge in [0.15, 0.2) is 0 Å². The molecule has 0 radical (unpaired) electrons. The van der Waals surface area contributed by atoms with Crippen LogP contribution in [0, 0.1) is 16.7 Å². The highest BCUT2D eigenvalue weighted by Crippen LogP contribution is 2.64. The standard InChI is InChI=1S/C22H30O2/c1-15(23)24-22(4)14-11-19-17-9-8-16-7-5-6-12-20(16,2)18(17)10-13-21(19,22)3/h8-10,19H,5-7,11-14H2,1-4H3/t19-,20-,21-,22?/m0/s1. The largest absolute Gasteiger partial charge is 0.459 e. The van der Waals surface area contributed by atoms with Crippen LogP contribution in [0.2, 0.25) is 0 Å². The van der Waals surface area contributed by atoms with E-state index >= 15 is 0 Å². The Labute approximate surface area is 146 Å². The molecule has 0 aliphatic heterocycles. The molecule has 0 aromatic heterocycles. The number of allylic oxidation sites excluding steroid dienone is 6. The Hall–Kier alpha value is -1.31. The molecule has 0 aromatic carbocycles. The van der Waals surface area contributed by atoms with Crippen LogP contribution in [0.25, 0.3) is 0 Å². The Bertz CT molecular complexity index is 682. The van der Waals surface area contributed by atoms with Gasteiger partial charge >= 0.3 is 5.97 Å². The van der Waals surface area contributed by atoms with E-state index in [4.69, 9.17) is 4.74 Å². The highest BCUT2D eigenvalue weighted by atomic mass is 16.6. The van der Waals surface area contributed by atoms with Gasteiger partial charge in [0.1, 0.15) is 5.60 Å². The van der Waals surface area contributed by atoms with Crippen LogP contribution in [0.1, 0.15) is 72.6 Å². The molecule has 2 fully saturated rings. The van der Waals surface area contributed by atoms with Gasteiger partial charge in [-0.15, -0.1) is 0 Å². The van der Waals surface area contributed by atoms with E-state index in [-0.39, 0.29) is 22.4 Å². The van der Waals surface area contributed by atoms with Crippen molar-refractivity contribution in [3.63, 3.8) is 0 Å². The van der Waals surface area contributed by atoms with Crippen molar-refractivity contribution < 1.29 is 9.53 Å². The Morgan fingerprint density at radius 1 is 1.17 bits per heavy atom. The van der Waals surface area contributed by atoms with Gasteiger partial charge in [-0.2, -0.15) is 0 Å². The summed E-state index contributed by atoms with van der Waals surface area (Å²) in [5.41, 5.74) is 4.69. The number of carbonyl (C=O) groups is 1. The van der Waals surface area contributed by atoms with Crippen LogP contribution in [0.15, 0.2) is 34.9 Å². The van der Waals surface area contributed by atoms with E-state index in [1.165, 1.54) is 31.3 Å². The van der Waals surface area contributed by atoms with Crippen LogP contribution in [0.5, 0.6) is 0 Å². The molecular weight excluding hydrogens is 296 g/mol. The van der Waals surface area contributed by atoms with E-state index in [9.17, 15) is 4.79 Å². The fraction of sp³-hybridized carbons (Fsp3) is 0.682. The Morgan fingerprint density at radius 3 is 2.71 bits per heavy atom. The predicted molar refractivity (Wildman–Crippen MR) is 96.4 cm³/mol. The summed E-state index contributed by atoms with van der Waals surface area (Å²) >= 11 is 0. The van der Waals surface area contributed by atoms with Gasteiger partial charge in [0.05, 0.1) is 0 Å². The van der Waals surface area contributed by atoms with Crippen LogP contribution in [0.4, 0.5) is 0 Å². The maximum Gasteiger partial charge on any atom is 0.303 e. The third-order valence-corrected chi connectivity index (χ3v) is 7.81. The molecule has 130 valence electrons. The number of hydrogen-bond acceptors (Lipinski definition) is 2. The normalized spacial score (nSPS) is 43.7. The fourth-order valence-corrected chi connectivity index (χ4v) is 6.10. The van der Waals surface area contributed by atoms with Crippen LogP contribution in [-0.2, 0) is 9.53 Å². The van der Waals surface area contributed by atoms with Gasteiger partial charge in [-0.1, -0.05) is 44.1 Å². The first-order valence-electron chi connectivity index (χ1n) is 9.62. The molecule has 0 heterocycles. The summed E-state index contributed by atoms with van der Waals surface area (Å²) in [4.78, 5) is 11.7. The Morgan fingerprint density at radius 2 is 1.96 bits per heavy atom. The third-order valence-electron chi connectivity index (χ3n) is 7.81. The lowest BCUT2D eigenvalue weighted by molar-refractivity contribution is -0.167. The van der Waals surface area contributed by atoms with Crippen LogP contribution >= 0.6 is 0 Å². The molecule has 24 heavy (non-hydrogen) atoms. The number of rotatable bonds is 1. The van der Waals surface area contributed by atoms with Gasteiger partial charge in [-0.3, -0.25) is 4.79 Å². The van der Waals surface area contributed by atoms with Crippen LogP contribution in [0.3, 0.4) is 0 Å². The molecular formula is C22H30O2. The summed E-state index contributed by atoms with van der Waals surface area (Å²) < 4.78 is 5.87. The van der Waals surface area contributed by atoms with E-state index in [1.54, 1.807) is 18.1 Å². The highest BCUT2D eigenvalue weighted by Gasteiger charge is 2.60. The molecule has 1 unspecified atom stereocenters. The van der Waals surface area contributed by atoms with E-state index in [0.717, 1.165) is 19.3 Å². The summed E-state index contributed by atoms with van der Waals surface area (Å²) in [5, 5.41) is 0. The smallest absolute Gasteiger partial charge is 0.303 e. The minimum Gasteiger partial charge on any atom is -0.459 e. The number of carbonyl (C=O) groups excluding carboxylic acids is 1. The van der Waals surface area contributed by atoms with Crippen molar-refractivity contribution in [2.45, 2.75) is 78.2 Å². The Kier molecular flexibility index (Phi) is 3.43. The van der Waals surface area contributed by atoms with Gasteiger partial charge in [0.25, 0.3) is 0 Å². The van der Waals surface area contributed by atoms with Crippen molar-refractivity contribution in [1.82, 2.24) is 0 Å². The van der Waals surface area contributed by atoms with Crippen molar-refractivity contribution in [3.8, 4) is 0 Å². The zero-order valence-corrected chi connectivity index (χ0v) is 15.6. The molecule has 4 aliphatic rings. The molecule has 4 atom stereocenters. The average Bonchev–Trinajstić information content (AvgIpc) is 2.77. The second-order valence-corrected chi connectivity index (χ2v) is 9.01. The van der Waals surface area contributed by atoms with Gasteiger partial charge in [-0.25, -0.2) is 0 Å². The molecule has 2 nitrogen and oxygen atoms in total. The molecule has 2 heteroatoms. The van der Waals surface area contributed by atoms with Gasteiger partial charge in [0.2, 0.25) is 0 Å². The molecule has 0 amide bonds. The third kappa shape index (κ3) is 1.98.